The van der Waals surface area contributed by atoms with Crippen LogP contribution in [-0.4, -0.2) is 35.9 Å². The highest BCUT2D eigenvalue weighted by molar-refractivity contribution is 6.50. The molecular weight excluding hydrogens is 199 g/mol. The number of hydrogen-bond acceptors (Lipinski definition) is 3. The summed E-state index contributed by atoms with van der Waals surface area (Å²) in [6, 6.07) is 0. The van der Waals surface area contributed by atoms with Crippen molar-refractivity contribution in [2.45, 2.75) is 40.6 Å². The molecule has 1 radical (unpaired) electrons. The lowest BCUT2D eigenvalue weighted by atomic mass is 9.79. The lowest BCUT2D eigenvalue weighted by molar-refractivity contribution is 0.439. The Labute approximate surface area is 100 Å². The molecule has 1 aromatic heterocycles. The van der Waals surface area contributed by atoms with Crippen molar-refractivity contribution < 1.29 is 0 Å². The lowest BCUT2D eigenvalue weighted by Crippen LogP contribution is -2.18. The van der Waals surface area contributed by atoms with Crippen molar-refractivity contribution in [2.24, 2.45) is 5.92 Å². The molecule has 0 aliphatic rings. The molecule has 0 aliphatic heterocycles. The van der Waals surface area contributed by atoms with Gasteiger partial charge >= 0.3 is 0 Å². The van der Waals surface area contributed by atoms with Gasteiger partial charge in [0.05, 0.1) is 0 Å². The van der Waals surface area contributed by atoms with E-state index in [1.54, 1.807) is 0 Å². The van der Waals surface area contributed by atoms with Crippen LogP contribution in [0.2, 0.25) is 6.82 Å². The average Bonchev–Trinajstić information content (AvgIpc) is 2.77. The van der Waals surface area contributed by atoms with Gasteiger partial charge in [-0.2, -0.15) is 0 Å². The lowest BCUT2D eigenvalue weighted by Gasteiger charge is -2.09. The summed E-state index contributed by atoms with van der Waals surface area (Å²) >= 11 is 0. The molecule has 0 saturated heterocycles. The van der Waals surface area contributed by atoms with Crippen molar-refractivity contribution >= 4 is 12.9 Å². The van der Waals surface area contributed by atoms with E-state index < -0.39 is 0 Å². The van der Waals surface area contributed by atoms with Crippen LogP contribution in [0.15, 0.2) is 6.20 Å². The number of aromatic nitrogens is 3. The summed E-state index contributed by atoms with van der Waals surface area (Å²) in [7, 11) is 3.94. The third-order valence-corrected chi connectivity index (χ3v) is 2.26. The summed E-state index contributed by atoms with van der Waals surface area (Å²) in [6.07, 6.45) is 3.11. The summed E-state index contributed by atoms with van der Waals surface area (Å²) in [6.45, 7) is 10.2. The van der Waals surface area contributed by atoms with Crippen molar-refractivity contribution in [3.63, 3.8) is 0 Å². The average molecular weight is 223 g/mol. The molecule has 0 fully saturated rings. The molecule has 1 rings (SSSR count). The van der Waals surface area contributed by atoms with E-state index in [9.17, 15) is 0 Å². The Hall–Kier alpha value is -0.835. The first kappa shape index (κ1) is 15.2. The summed E-state index contributed by atoms with van der Waals surface area (Å²) in [5.74, 6) is 0.679. The van der Waals surface area contributed by atoms with Gasteiger partial charge in [0, 0.05) is 18.3 Å². The molecule has 0 aromatic carbocycles. The zero-order valence-electron chi connectivity index (χ0n) is 11.2. The van der Waals surface area contributed by atoms with Gasteiger partial charge in [0.25, 0.3) is 0 Å². The Morgan fingerprint density at radius 2 is 2.19 bits per heavy atom. The van der Waals surface area contributed by atoms with E-state index in [-0.39, 0.29) is 0 Å². The fourth-order valence-electron chi connectivity index (χ4n) is 1.36. The molecule has 1 atom stereocenters. The third kappa shape index (κ3) is 5.90. The second kappa shape index (κ2) is 9.40. The Bertz CT molecular complexity index is 262. The minimum Gasteiger partial charge on any atom is -0.319 e. The molecule has 4 nitrogen and oxygen atoms in total. The summed E-state index contributed by atoms with van der Waals surface area (Å²) in [5.41, 5.74) is 0.950. The predicted molar refractivity (Wildman–Crippen MR) is 70.3 cm³/mol. The highest BCUT2D eigenvalue weighted by Crippen LogP contribution is 2.00. The van der Waals surface area contributed by atoms with Crippen molar-refractivity contribution in [1.82, 2.24) is 20.3 Å². The third-order valence-electron chi connectivity index (χ3n) is 2.26. The molecule has 0 saturated carbocycles. The topological polar surface area (TPSA) is 42.7 Å². The van der Waals surface area contributed by atoms with E-state index in [4.69, 9.17) is 0 Å². The van der Waals surface area contributed by atoms with Crippen LogP contribution in [0.1, 0.15) is 27.2 Å². The van der Waals surface area contributed by atoms with Crippen LogP contribution >= 0.6 is 0 Å². The largest absolute Gasteiger partial charge is 0.319 e. The zero-order chi connectivity index (χ0) is 12.4. The Morgan fingerprint density at radius 1 is 1.50 bits per heavy atom. The number of nitrogens with one attached hydrogen (secondary N) is 1. The molecule has 1 unspecified atom stereocenters. The maximum Gasteiger partial charge on any atom is 0.179 e. The predicted octanol–water partition coefficient (Wildman–Crippen LogP) is 0.927. The van der Waals surface area contributed by atoms with Gasteiger partial charge in [-0.05, 0) is 25.9 Å². The van der Waals surface area contributed by atoms with Gasteiger partial charge in [-0.3, -0.25) is 4.68 Å². The van der Waals surface area contributed by atoms with Crippen molar-refractivity contribution in [3.05, 3.63) is 6.20 Å². The van der Waals surface area contributed by atoms with Gasteiger partial charge in [-0.25, -0.2) is 0 Å². The van der Waals surface area contributed by atoms with Gasteiger partial charge in [0.15, 0.2) is 7.28 Å². The molecular formula is C11H24BN4. The van der Waals surface area contributed by atoms with Gasteiger partial charge in [0.1, 0.15) is 0 Å². The van der Waals surface area contributed by atoms with Gasteiger partial charge in [0.2, 0.25) is 0 Å². The molecule has 91 valence electrons. The number of hydrogen-bond donors (Lipinski definition) is 1. The molecule has 5 heteroatoms. The molecule has 1 aromatic rings. The van der Waals surface area contributed by atoms with Crippen LogP contribution in [0.5, 0.6) is 0 Å². The number of nitrogens with zero attached hydrogens (tertiary/aromatic N) is 3. The van der Waals surface area contributed by atoms with Crippen molar-refractivity contribution in [2.75, 3.05) is 13.6 Å². The molecule has 0 spiro atoms. The van der Waals surface area contributed by atoms with Gasteiger partial charge in [-0.1, -0.05) is 32.8 Å². The Morgan fingerprint density at radius 3 is 2.69 bits per heavy atom. The minimum absolute atomic E-state index is 0.679. The van der Waals surface area contributed by atoms with Crippen LogP contribution in [0.3, 0.4) is 0 Å². The van der Waals surface area contributed by atoms with Crippen LogP contribution in [0.4, 0.5) is 0 Å². The molecule has 1 heterocycles. The molecule has 1 N–H and O–H groups in total. The van der Waals surface area contributed by atoms with Crippen LogP contribution in [0, 0.1) is 5.92 Å². The first-order valence-corrected chi connectivity index (χ1v) is 6.10. The van der Waals surface area contributed by atoms with Crippen molar-refractivity contribution in [3.8, 4) is 0 Å². The van der Waals surface area contributed by atoms with Crippen LogP contribution in [-0.2, 0) is 6.54 Å². The van der Waals surface area contributed by atoms with Gasteiger partial charge in [-0.15, -0.1) is 5.10 Å². The van der Waals surface area contributed by atoms with E-state index in [2.05, 4.69) is 22.6 Å². The summed E-state index contributed by atoms with van der Waals surface area (Å²) in [5, 5.41) is 11.2. The molecule has 0 aliphatic carbocycles. The van der Waals surface area contributed by atoms with Crippen LogP contribution < -0.4 is 10.9 Å². The molecule has 0 amide bonds. The van der Waals surface area contributed by atoms with E-state index in [0.717, 1.165) is 25.1 Å². The standard InChI is InChI=1S/C9H18BN4.C2H6/c1-8(6-11-3)4-5-14-7-9(10-2)12-13-14;1-2/h7-8,11H,4-6H2,1-3H3;1-2H3. The van der Waals surface area contributed by atoms with E-state index >= 15 is 0 Å². The number of rotatable bonds is 6. The first-order valence-electron chi connectivity index (χ1n) is 6.10. The maximum atomic E-state index is 4.03. The van der Waals surface area contributed by atoms with E-state index in [1.165, 1.54) is 0 Å². The van der Waals surface area contributed by atoms with Crippen molar-refractivity contribution in [1.29, 1.82) is 0 Å². The monoisotopic (exact) mass is 223 g/mol. The second-order valence-electron chi connectivity index (χ2n) is 3.65. The minimum atomic E-state index is 0.679. The quantitative estimate of drug-likeness (QED) is 0.729. The highest BCUT2D eigenvalue weighted by atomic mass is 15.4. The van der Waals surface area contributed by atoms with Crippen LogP contribution in [0.25, 0.3) is 0 Å². The molecule has 16 heavy (non-hydrogen) atoms. The van der Waals surface area contributed by atoms with E-state index in [0.29, 0.717) is 5.92 Å². The maximum absolute atomic E-state index is 4.03. The molecule has 0 bridgehead atoms. The zero-order valence-corrected chi connectivity index (χ0v) is 11.2. The Kier molecular flexibility index (Phi) is 8.90. The first-order chi connectivity index (χ1) is 7.76. The fourth-order valence-corrected chi connectivity index (χ4v) is 1.36. The summed E-state index contributed by atoms with van der Waals surface area (Å²) in [4.78, 5) is 0. The highest BCUT2D eigenvalue weighted by Gasteiger charge is 2.02. The summed E-state index contributed by atoms with van der Waals surface area (Å²) < 4.78 is 1.90. The SMILES string of the molecule is CC.C[B]c1cn(CCC(C)CNC)nn1. The van der Waals surface area contributed by atoms with Gasteiger partial charge < -0.3 is 5.32 Å². The number of aryl methyl sites for hydroxylation is 1. The normalized spacial score (nSPS) is 11.6. The van der Waals surface area contributed by atoms with E-state index in [1.807, 2.05) is 45.9 Å². The fraction of sp³-hybridized carbons (Fsp3) is 0.818. The Balaban J connectivity index is 0.00000106. The second-order valence-corrected chi connectivity index (χ2v) is 3.65. The smallest absolute Gasteiger partial charge is 0.179 e.